The molecule has 0 saturated heterocycles. The van der Waals surface area contributed by atoms with Crippen molar-refractivity contribution < 1.29 is 0 Å². The Balaban J connectivity index is 2.20. The summed E-state index contributed by atoms with van der Waals surface area (Å²) >= 11 is 6.00. The van der Waals surface area contributed by atoms with Crippen LogP contribution in [0.3, 0.4) is 0 Å². The van der Waals surface area contributed by atoms with E-state index >= 15 is 0 Å². The van der Waals surface area contributed by atoms with Crippen molar-refractivity contribution in [2.45, 2.75) is 11.8 Å². The number of thiol groups is 1. The van der Waals surface area contributed by atoms with Gasteiger partial charge in [-0.1, -0.05) is 30.3 Å². The summed E-state index contributed by atoms with van der Waals surface area (Å²) in [7, 11) is 0. The Labute approximate surface area is 89.5 Å². The van der Waals surface area contributed by atoms with Gasteiger partial charge in [0, 0.05) is 23.3 Å². The van der Waals surface area contributed by atoms with Gasteiger partial charge in [-0.05, 0) is 5.56 Å². The first-order valence-electron chi connectivity index (χ1n) is 4.31. The van der Waals surface area contributed by atoms with Crippen molar-refractivity contribution in [3.05, 3.63) is 35.9 Å². The van der Waals surface area contributed by atoms with Crippen molar-refractivity contribution in [2.24, 2.45) is 5.73 Å². The third-order valence-corrected chi connectivity index (χ3v) is 3.35. The third-order valence-electron chi connectivity index (χ3n) is 1.68. The second kappa shape index (κ2) is 6.35. The molecule has 0 spiro atoms. The fourth-order valence-corrected chi connectivity index (χ4v) is 2.23. The van der Waals surface area contributed by atoms with E-state index in [0.717, 1.165) is 17.3 Å². The van der Waals surface area contributed by atoms with E-state index < -0.39 is 0 Å². The van der Waals surface area contributed by atoms with Gasteiger partial charge in [-0.15, -0.1) is 0 Å². The first-order chi connectivity index (χ1) is 6.33. The SMILES string of the molecule is N[C@@H](CS)CSCc1ccccc1. The molecule has 0 unspecified atom stereocenters. The van der Waals surface area contributed by atoms with Gasteiger partial charge in [0.2, 0.25) is 0 Å². The Hall–Kier alpha value is -0.120. The zero-order chi connectivity index (χ0) is 9.52. The molecule has 1 aromatic rings. The van der Waals surface area contributed by atoms with Crippen molar-refractivity contribution in [3.63, 3.8) is 0 Å². The fourth-order valence-electron chi connectivity index (χ4n) is 0.955. The van der Waals surface area contributed by atoms with Gasteiger partial charge in [-0.25, -0.2) is 0 Å². The van der Waals surface area contributed by atoms with E-state index in [2.05, 4.69) is 36.9 Å². The van der Waals surface area contributed by atoms with Gasteiger partial charge in [-0.2, -0.15) is 24.4 Å². The average molecular weight is 213 g/mol. The molecule has 1 aromatic carbocycles. The molecule has 0 aliphatic carbocycles. The highest BCUT2D eigenvalue weighted by molar-refractivity contribution is 7.98. The Kier molecular flexibility index (Phi) is 5.35. The summed E-state index contributed by atoms with van der Waals surface area (Å²) < 4.78 is 0. The second-order valence-electron chi connectivity index (χ2n) is 2.94. The normalized spacial score (nSPS) is 12.8. The molecule has 0 saturated carbocycles. The summed E-state index contributed by atoms with van der Waals surface area (Å²) in [5, 5.41) is 0. The molecule has 1 atom stereocenters. The van der Waals surface area contributed by atoms with Gasteiger partial charge in [0.15, 0.2) is 0 Å². The molecule has 1 nitrogen and oxygen atoms in total. The van der Waals surface area contributed by atoms with Crippen molar-refractivity contribution in [1.29, 1.82) is 0 Å². The highest BCUT2D eigenvalue weighted by Crippen LogP contribution is 2.12. The van der Waals surface area contributed by atoms with Gasteiger partial charge in [0.05, 0.1) is 0 Å². The van der Waals surface area contributed by atoms with Crippen molar-refractivity contribution in [2.75, 3.05) is 11.5 Å². The van der Waals surface area contributed by atoms with Gasteiger partial charge in [-0.3, -0.25) is 0 Å². The predicted molar refractivity (Wildman–Crippen MR) is 64.4 cm³/mol. The lowest BCUT2D eigenvalue weighted by Crippen LogP contribution is -2.24. The first kappa shape index (κ1) is 11.0. The maximum atomic E-state index is 5.74. The molecule has 0 heterocycles. The topological polar surface area (TPSA) is 26.0 Å². The minimum absolute atomic E-state index is 0.219. The molecular weight excluding hydrogens is 198 g/mol. The fraction of sp³-hybridized carbons (Fsp3) is 0.400. The highest BCUT2D eigenvalue weighted by atomic mass is 32.2. The lowest BCUT2D eigenvalue weighted by atomic mass is 10.2. The van der Waals surface area contributed by atoms with Gasteiger partial charge in [0.25, 0.3) is 0 Å². The molecule has 0 radical (unpaired) electrons. The lowest BCUT2D eigenvalue weighted by Gasteiger charge is -2.07. The molecule has 13 heavy (non-hydrogen) atoms. The van der Waals surface area contributed by atoms with Crippen molar-refractivity contribution in [1.82, 2.24) is 0 Å². The number of benzene rings is 1. The Morgan fingerprint density at radius 3 is 2.62 bits per heavy atom. The summed E-state index contributed by atoms with van der Waals surface area (Å²) in [5.41, 5.74) is 7.10. The van der Waals surface area contributed by atoms with Crippen LogP contribution in [0.25, 0.3) is 0 Å². The molecule has 0 aliphatic rings. The predicted octanol–water partition coefficient (Wildman–Crippen LogP) is 2.18. The number of thioether (sulfide) groups is 1. The summed E-state index contributed by atoms with van der Waals surface area (Å²) in [6.07, 6.45) is 0. The summed E-state index contributed by atoms with van der Waals surface area (Å²) in [4.78, 5) is 0. The second-order valence-corrected chi connectivity index (χ2v) is 4.34. The monoisotopic (exact) mass is 213 g/mol. The molecule has 0 amide bonds. The quantitative estimate of drug-likeness (QED) is 0.733. The lowest BCUT2D eigenvalue weighted by molar-refractivity contribution is 0.863. The summed E-state index contributed by atoms with van der Waals surface area (Å²) in [5.74, 6) is 2.79. The van der Waals surface area contributed by atoms with Crippen LogP contribution in [0.5, 0.6) is 0 Å². The highest BCUT2D eigenvalue weighted by Gasteiger charge is 1.99. The standard InChI is InChI=1S/C10H15NS2/c11-10(6-12)8-13-7-9-4-2-1-3-5-9/h1-5,10,12H,6-8,11H2/t10-/m0/s1. The van der Waals surface area contributed by atoms with Crippen LogP contribution in [0.15, 0.2) is 30.3 Å². The number of nitrogens with two attached hydrogens (primary N) is 1. The van der Waals surface area contributed by atoms with Crippen LogP contribution < -0.4 is 5.73 Å². The third kappa shape index (κ3) is 4.60. The van der Waals surface area contributed by atoms with Crippen molar-refractivity contribution >= 4 is 24.4 Å². The van der Waals surface area contributed by atoms with Gasteiger partial charge < -0.3 is 5.73 Å². The molecule has 0 bridgehead atoms. The Bertz CT molecular complexity index is 226. The molecule has 2 N–H and O–H groups in total. The molecule has 3 heteroatoms. The smallest absolute Gasteiger partial charge is 0.0219 e. The minimum Gasteiger partial charge on any atom is -0.326 e. The van der Waals surface area contributed by atoms with E-state index in [1.54, 1.807) is 0 Å². The van der Waals surface area contributed by atoms with Crippen LogP contribution in [0.2, 0.25) is 0 Å². The number of rotatable bonds is 5. The zero-order valence-electron chi connectivity index (χ0n) is 7.52. The van der Waals surface area contributed by atoms with Crippen molar-refractivity contribution in [3.8, 4) is 0 Å². The van der Waals surface area contributed by atoms with E-state index in [4.69, 9.17) is 5.73 Å². The maximum Gasteiger partial charge on any atom is 0.0219 e. The largest absolute Gasteiger partial charge is 0.326 e. The van der Waals surface area contributed by atoms with Crippen LogP contribution in [0, 0.1) is 0 Å². The minimum atomic E-state index is 0.219. The van der Waals surface area contributed by atoms with Gasteiger partial charge >= 0.3 is 0 Å². The summed E-state index contributed by atoms with van der Waals surface area (Å²) in [6.45, 7) is 0. The summed E-state index contributed by atoms with van der Waals surface area (Å²) in [6, 6.07) is 10.7. The van der Waals surface area contributed by atoms with E-state index in [1.165, 1.54) is 5.56 Å². The van der Waals surface area contributed by atoms with E-state index in [0.29, 0.717) is 0 Å². The number of hydrogen-bond acceptors (Lipinski definition) is 3. The zero-order valence-corrected chi connectivity index (χ0v) is 9.23. The molecule has 0 fully saturated rings. The molecule has 72 valence electrons. The molecular formula is C10H15NS2. The van der Waals surface area contributed by atoms with Crippen LogP contribution >= 0.6 is 24.4 Å². The van der Waals surface area contributed by atoms with E-state index in [1.807, 2.05) is 17.8 Å². The number of hydrogen-bond donors (Lipinski definition) is 2. The molecule has 1 rings (SSSR count). The van der Waals surface area contributed by atoms with E-state index in [9.17, 15) is 0 Å². The van der Waals surface area contributed by atoms with E-state index in [-0.39, 0.29) is 6.04 Å². The van der Waals surface area contributed by atoms with Crippen LogP contribution in [0.1, 0.15) is 5.56 Å². The van der Waals surface area contributed by atoms with Crippen LogP contribution in [0.4, 0.5) is 0 Å². The molecule has 0 aromatic heterocycles. The first-order valence-corrected chi connectivity index (χ1v) is 6.09. The van der Waals surface area contributed by atoms with Gasteiger partial charge in [0.1, 0.15) is 0 Å². The van der Waals surface area contributed by atoms with Crippen LogP contribution in [-0.2, 0) is 5.75 Å². The Morgan fingerprint density at radius 2 is 2.00 bits per heavy atom. The Morgan fingerprint density at radius 1 is 1.31 bits per heavy atom. The van der Waals surface area contributed by atoms with Crippen LogP contribution in [-0.4, -0.2) is 17.5 Å². The maximum absolute atomic E-state index is 5.74. The average Bonchev–Trinajstić information content (AvgIpc) is 2.19. The molecule has 0 aliphatic heterocycles.